The van der Waals surface area contributed by atoms with Crippen LogP contribution in [0.2, 0.25) is 0 Å². The van der Waals surface area contributed by atoms with Crippen LogP contribution in [-0.4, -0.2) is 6.79 Å². The molecule has 13 heavy (non-hydrogen) atoms. The Labute approximate surface area is 74.1 Å². The van der Waals surface area contributed by atoms with Gasteiger partial charge in [-0.1, -0.05) is 6.07 Å². The van der Waals surface area contributed by atoms with E-state index in [0.29, 0.717) is 11.5 Å². The molecule has 5 heteroatoms. The average Bonchev–Trinajstić information content (AvgIpc) is 2.61. The van der Waals surface area contributed by atoms with Crippen molar-refractivity contribution in [2.24, 2.45) is 5.34 Å². The first kappa shape index (κ1) is 7.85. The lowest BCUT2D eigenvalue weighted by Crippen LogP contribution is -1.93. The molecule has 5 nitrogen and oxygen atoms in total. The summed E-state index contributed by atoms with van der Waals surface area (Å²) < 4.78 is 10.2. The van der Waals surface area contributed by atoms with Crippen molar-refractivity contribution in [2.75, 3.05) is 6.79 Å². The predicted molar refractivity (Wildman–Crippen MR) is 43.1 cm³/mol. The highest BCUT2D eigenvalue weighted by Crippen LogP contribution is 2.32. The lowest BCUT2D eigenvalue weighted by atomic mass is 10.2. The third kappa shape index (κ3) is 1.53. The van der Waals surface area contributed by atoms with Gasteiger partial charge in [-0.05, 0) is 17.7 Å². The van der Waals surface area contributed by atoms with Gasteiger partial charge < -0.3 is 14.3 Å². The number of ether oxygens (including phenoxy) is 2. The molecule has 68 valence electrons. The standard InChI is InChI=1S/C8H7NO4/c10-9-13-4-6-1-2-7-8(3-6)12-5-11-7/h1-3H,4-5H2. The molecule has 0 bridgehead atoms. The Morgan fingerprint density at radius 3 is 3.08 bits per heavy atom. The Balaban J connectivity index is 2.16. The minimum Gasteiger partial charge on any atom is -0.454 e. The summed E-state index contributed by atoms with van der Waals surface area (Å²) in [6.07, 6.45) is 0. The zero-order chi connectivity index (χ0) is 9.10. The second kappa shape index (κ2) is 3.30. The van der Waals surface area contributed by atoms with E-state index in [9.17, 15) is 4.91 Å². The van der Waals surface area contributed by atoms with Crippen LogP contribution in [0.5, 0.6) is 11.5 Å². The molecule has 0 radical (unpaired) electrons. The van der Waals surface area contributed by atoms with Crippen molar-refractivity contribution in [3.05, 3.63) is 28.7 Å². The number of rotatable bonds is 3. The lowest BCUT2D eigenvalue weighted by Gasteiger charge is -1.99. The molecule has 0 fully saturated rings. The summed E-state index contributed by atoms with van der Waals surface area (Å²) in [5, 5.41) is 2.30. The highest BCUT2D eigenvalue weighted by Gasteiger charge is 2.12. The first-order chi connectivity index (χ1) is 6.40. The summed E-state index contributed by atoms with van der Waals surface area (Å²) >= 11 is 0. The molecule has 1 aromatic carbocycles. The predicted octanol–water partition coefficient (Wildman–Crippen LogP) is 1.61. The molecule has 0 aromatic heterocycles. The van der Waals surface area contributed by atoms with Crippen LogP contribution in [0.1, 0.15) is 5.56 Å². The summed E-state index contributed by atoms with van der Waals surface area (Å²) in [7, 11) is 0. The van der Waals surface area contributed by atoms with Gasteiger partial charge in [0.15, 0.2) is 16.8 Å². The van der Waals surface area contributed by atoms with Crippen molar-refractivity contribution < 1.29 is 14.3 Å². The third-order valence-electron chi connectivity index (χ3n) is 1.72. The molecule has 0 N–H and O–H groups in total. The van der Waals surface area contributed by atoms with Crippen molar-refractivity contribution in [3.8, 4) is 11.5 Å². The zero-order valence-corrected chi connectivity index (χ0v) is 6.73. The molecule has 0 atom stereocenters. The Morgan fingerprint density at radius 1 is 1.38 bits per heavy atom. The fourth-order valence-electron chi connectivity index (χ4n) is 1.13. The van der Waals surface area contributed by atoms with Crippen LogP contribution in [0.4, 0.5) is 0 Å². The second-order valence-electron chi connectivity index (χ2n) is 2.54. The van der Waals surface area contributed by atoms with Gasteiger partial charge in [-0.25, -0.2) is 0 Å². The maximum atomic E-state index is 9.68. The monoisotopic (exact) mass is 181 g/mol. The molecule has 0 aliphatic carbocycles. The lowest BCUT2D eigenvalue weighted by molar-refractivity contribution is 0.125. The molecule has 2 rings (SSSR count). The smallest absolute Gasteiger partial charge is 0.231 e. The van der Waals surface area contributed by atoms with E-state index in [1.807, 2.05) is 0 Å². The summed E-state index contributed by atoms with van der Waals surface area (Å²) in [6.45, 7) is 0.395. The minimum absolute atomic E-state index is 0.153. The summed E-state index contributed by atoms with van der Waals surface area (Å²) in [6, 6.07) is 5.32. The topological polar surface area (TPSA) is 57.1 Å². The molecule has 0 amide bonds. The van der Waals surface area contributed by atoms with Gasteiger partial charge in [0, 0.05) is 0 Å². The fraction of sp³-hybridized carbons (Fsp3) is 0.250. The second-order valence-corrected chi connectivity index (χ2v) is 2.54. The molecule has 0 saturated carbocycles. The van der Waals surface area contributed by atoms with Crippen molar-refractivity contribution in [1.82, 2.24) is 0 Å². The van der Waals surface area contributed by atoms with Crippen LogP contribution in [0.25, 0.3) is 0 Å². The quantitative estimate of drug-likeness (QED) is 0.525. The fourth-order valence-corrected chi connectivity index (χ4v) is 1.13. The number of benzene rings is 1. The number of hydrogen-bond acceptors (Lipinski definition) is 5. The van der Waals surface area contributed by atoms with Crippen LogP contribution >= 0.6 is 0 Å². The Morgan fingerprint density at radius 2 is 2.23 bits per heavy atom. The Bertz CT molecular complexity index is 326. The van der Waals surface area contributed by atoms with Crippen molar-refractivity contribution >= 4 is 0 Å². The number of fused-ring (bicyclic) bond motifs is 1. The third-order valence-corrected chi connectivity index (χ3v) is 1.72. The molecule has 1 aliphatic rings. The van der Waals surface area contributed by atoms with E-state index in [1.165, 1.54) is 0 Å². The number of hydrogen-bond donors (Lipinski definition) is 0. The van der Waals surface area contributed by atoms with Crippen molar-refractivity contribution in [1.29, 1.82) is 0 Å². The van der Waals surface area contributed by atoms with Gasteiger partial charge in [0.2, 0.25) is 6.79 Å². The Kier molecular flexibility index (Phi) is 1.99. The van der Waals surface area contributed by atoms with Gasteiger partial charge in [0.25, 0.3) is 0 Å². The summed E-state index contributed by atoms with van der Waals surface area (Å²) in [4.78, 5) is 14.0. The molecule has 1 heterocycles. The maximum absolute atomic E-state index is 9.68. The van der Waals surface area contributed by atoms with Gasteiger partial charge in [-0.15, -0.1) is 4.91 Å². The first-order valence-corrected chi connectivity index (χ1v) is 3.73. The van der Waals surface area contributed by atoms with Crippen LogP contribution in [-0.2, 0) is 11.4 Å². The zero-order valence-electron chi connectivity index (χ0n) is 6.73. The van der Waals surface area contributed by atoms with E-state index in [1.54, 1.807) is 18.2 Å². The molecule has 1 aliphatic heterocycles. The van der Waals surface area contributed by atoms with Gasteiger partial charge in [-0.2, -0.15) is 0 Å². The van der Waals surface area contributed by atoms with Crippen LogP contribution in [0, 0.1) is 4.91 Å². The van der Waals surface area contributed by atoms with Crippen LogP contribution in [0.3, 0.4) is 0 Å². The Hall–Kier alpha value is -1.78. The molecule has 0 spiro atoms. The normalized spacial score (nSPS) is 12.6. The highest BCUT2D eigenvalue weighted by molar-refractivity contribution is 5.44. The van der Waals surface area contributed by atoms with E-state index in [-0.39, 0.29) is 13.4 Å². The van der Waals surface area contributed by atoms with Gasteiger partial charge in [0.1, 0.15) is 6.61 Å². The van der Waals surface area contributed by atoms with Crippen LogP contribution < -0.4 is 9.47 Å². The van der Waals surface area contributed by atoms with Gasteiger partial charge >= 0.3 is 0 Å². The van der Waals surface area contributed by atoms with E-state index in [4.69, 9.17) is 9.47 Å². The van der Waals surface area contributed by atoms with Gasteiger partial charge in [0.05, 0.1) is 0 Å². The van der Waals surface area contributed by atoms with E-state index in [0.717, 1.165) is 5.56 Å². The molecular weight excluding hydrogens is 174 g/mol. The van der Waals surface area contributed by atoms with Crippen molar-refractivity contribution in [2.45, 2.75) is 6.61 Å². The number of nitrogens with zero attached hydrogens (tertiary/aromatic N) is 1. The molecule has 0 saturated heterocycles. The van der Waals surface area contributed by atoms with Crippen LogP contribution in [0.15, 0.2) is 23.5 Å². The largest absolute Gasteiger partial charge is 0.454 e. The first-order valence-electron chi connectivity index (χ1n) is 3.73. The van der Waals surface area contributed by atoms with E-state index in [2.05, 4.69) is 10.2 Å². The summed E-state index contributed by atoms with van der Waals surface area (Å²) in [5.41, 5.74) is 0.823. The highest BCUT2D eigenvalue weighted by atomic mass is 16.7. The molecular formula is C8H7NO4. The maximum Gasteiger partial charge on any atom is 0.231 e. The minimum atomic E-state index is 0.153. The van der Waals surface area contributed by atoms with E-state index >= 15 is 0 Å². The SMILES string of the molecule is O=NOCc1ccc2c(c1)OCO2. The van der Waals surface area contributed by atoms with Gasteiger partial charge in [-0.3, -0.25) is 0 Å². The molecule has 0 unspecified atom stereocenters. The molecule has 1 aromatic rings. The van der Waals surface area contributed by atoms with Crippen molar-refractivity contribution in [3.63, 3.8) is 0 Å². The van der Waals surface area contributed by atoms with E-state index < -0.39 is 0 Å². The summed E-state index contributed by atoms with van der Waals surface area (Å²) in [5.74, 6) is 1.38. The average molecular weight is 181 g/mol.